The van der Waals surface area contributed by atoms with Gasteiger partial charge in [0.15, 0.2) is 0 Å². The summed E-state index contributed by atoms with van der Waals surface area (Å²) < 4.78 is 38.2. The molecule has 1 aliphatic rings. The van der Waals surface area contributed by atoms with E-state index in [4.69, 9.17) is 28.0 Å². The van der Waals surface area contributed by atoms with Crippen molar-refractivity contribution in [1.82, 2.24) is 0 Å². The first-order valence-corrected chi connectivity index (χ1v) is 10.4. The van der Waals surface area contributed by atoms with Gasteiger partial charge in [0.05, 0.1) is 32.3 Å². The fourth-order valence-electron chi connectivity index (χ4n) is 3.83. The summed E-state index contributed by atoms with van der Waals surface area (Å²) in [4.78, 5) is 17.5. The predicted molar refractivity (Wildman–Crippen MR) is 117 cm³/mol. The zero-order valence-electron chi connectivity index (χ0n) is 16.5. The molecule has 0 bridgehead atoms. The van der Waals surface area contributed by atoms with E-state index in [0.717, 1.165) is 35.4 Å². The van der Waals surface area contributed by atoms with Crippen molar-refractivity contribution in [3.05, 3.63) is 105 Å². The molecule has 0 radical (unpaired) electrons. The second kappa shape index (κ2) is 8.60. The summed E-state index contributed by atoms with van der Waals surface area (Å²) in [5.74, 6) is -0.839. The molecule has 1 atom stereocenters. The molecule has 1 saturated carbocycles. The molecule has 3 nitrogen and oxygen atoms in total. The quantitative estimate of drug-likeness (QED) is 0.292. The van der Waals surface area contributed by atoms with E-state index in [1.54, 1.807) is 12.1 Å². The van der Waals surface area contributed by atoms with Gasteiger partial charge in [-0.3, -0.25) is 0 Å². The first-order valence-electron chi connectivity index (χ1n) is 9.69. The van der Waals surface area contributed by atoms with Gasteiger partial charge in [-0.05, 0) is 60.4 Å². The molecule has 164 valence electrons. The maximum absolute atomic E-state index is 12.7. The number of nitrogens with zero attached hydrogens (tertiary/aromatic N) is 1. The molecule has 1 unspecified atom stereocenters. The van der Waals surface area contributed by atoms with Gasteiger partial charge in [0, 0.05) is 0 Å². The first-order chi connectivity index (χ1) is 15.2. The Kier molecular flexibility index (Phi) is 6.01. The lowest BCUT2D eigenvalue weighted by Crippen LogP contribution is -2.46. The summed E-state index contributed by atoms with van der Waals surface area (Å²) in [7, 11) is 0. The second-order valence-corrected chi connectivity index (χ2v) is 8.21. The molecule has 3 aromatic carbocycles. The van der Waals surface area contributed by atoms with Crippen LogP contribution in [-0.2, 0) is 16.4 Å². The Morgan fingerprint density at radius 2 is 1.59 bits per heavy atom. The van der Waals surface area contributed by atoms with Crippen LogP contribution in [0.5, 0.6) is 0 Å². The highest BCUT2D eigenvalue weighted by Gasteiger charge is 2.47. The van der Waals surface area contributed by atoms with E-state index < -0.39 is 23.1 Å². The highest BCUT2D eigenvalue weighted by molar-refractivity contribution is 6.42. The number of oxime groups is 1. The standard InChI is InChI=1S/C24H16Cl2F3NO2/c25-19-11-10-18(14-20(19)26)23(16-4-2-1-3-5-16)13-12-21(23)30-32-22(31)15-6-8-17(9-7-15)24(27,28)29/h1-11,14H,12-13H2. The normalized spacial score (nSPS) is 19.5. The molecular formula is C24H16Cl2F3NO2. The number of rotatable bonds is 4. The molecular weight excluding hydrogens is 462 g/mol. The largest absolute Gasteiger partial charge is 0.416 e. The number of alkyl halides is 3. The van der Waals surface area contributed by atoms with Crippen LogP contribution in [0, 0.1) is 0 Å². The van der Waals surface area contributed by atoms with Crippen LogP contribution in [-0.4, -0.2) is 11.7 Å². The van der Waals surface area contributed by atoms with Crippen molar-refractivity contribution in [3.8, 4) is 0 Å². The average molecular weight is 478 g/mol. The lowest BCUT2D eigenvalue weighted by Gasteiger charge is -2.43. The highest BCUT2D eigenvalue weighted by atomic mass is 35.5. The molecule has 0 N–H and O–H groups in total. The van der Waals surface area contributed by atoms with Gasteiger partial charge in [0.1, 0.15) is 0 Å². The first kappa shape index (κ1) is 22.4. The van der Waals surface area contributed by atoms with Crippen molar-refractivity contribution in [2.45, 2.75) is 24.4 Å². The summed E-state index contributed by atoms with van der Waals surface area (Å²) in [6, 6.07) is 18.7. The monoisotopic (exact) mass is 477 g/mol. The highest BCUT2D eigenvalue weighted by Crippen LogP contribution is 2.48. The van der Waals surface area contributed by atoms with Gasteiger partial charge < -0.3 is 4.84 Å². The molecule has 0 amide bonds. The zero-order chi connectivity index (χ0) is 22.9. The third-order valence-corrected chi connectivity index (χ3v) is 6.33. The van der Waals surface area contributed by atoms with Crippen LogP contribution in [0.2, 0.25) is 10.0 Å². The van der Waals surface area contributed by atoms with E-state index >= 15 is 0 Å². The summed E-state index contributed by atoms with van der Waals surface area (Å²) in [5, 5.41) is 4.92. The fourth-order valence-corrected chi connectivity index (χ4v) is 4.13. The number of benzene rings is 3. The summed E-state index contributed by atoms with van der Waals surface area (Å²) in [6.45, 7) is 0. The Morgan fingerprint density at radius 1 is 0.906 bits per heavy atom. The van der Waals surface area contributed by atoms with Crippen molar-refractivity contribution in [2.24, 2.45) is 5.16 Å². The van der Waals surface area contributed by atoms with Crippen LogP contribution in [0.25, 0.3) is 0 Å². The van der Waals surface area contributed by atoms with Crippen molar-refractivity contribution in [3.63, 3.8) is 0 Å². The Balaban J connectivity index is 1.64. The molecule has 8 heteroatoms. The molecule has 3 aromatic rings. The number of hydrogen-bond donors (Lipinski definition) is 0. The Morgan fingerprint density at radius 3 is 2.16 bits per heavy atom. The number of hydrogen-bond acceptors (Lipinski definition) is 3. The number of carbonyl (C=O) groups is 1. The van der Waals surface area contributed by atoms with E-state index in [2.05, 4.69) is 5.16 Å². The topological polar surface area (TPSA) is 38.7 Å². The summed E-state index contributed by atoms with van der Waals surface area (Å²) in [6.07, 6.45) is -3.19. The minimum Gasteiger partial charge on any atom is -0.313 e. The second-order valence-electron chi connectivity index (χ2n) is 7.39. The Bertz CT molecular complexity index is 1180. The van der Waals surface area contributed by atoms with E-state index in [1.165, 1.54) is 0 Å². The van der Waals surface area contributed by atoms with Crippen LogP contribution in [0.15, 0.2) is 78.0 Å². The van der Waals surface area contributed by atoms with Crippen molar-refractivity contribution in [1.29, 1.82) is 0 Å². The smallest absolute Gasteiger partial charge is 0.313 e. The van der Waals surface area contributed by atoms with Gasteiger partial charge >= 0.3 is 12.1 Å². The molecule has 1 fully saturated rings. The lowest BCUT2D eigenvalue weighted by molar-refractivity contribution is -0.137. The fraction of sp³-hybridized carbons (Fsp3) is 0.167. The zero-order valence-corrected chi connectivity index (χ0v) is 18.0. The average Bonchev–Trinajstić information content (AvgIpc) is 2.76. The predicted octanol–water partition coefficient (Wildman–Crippen LogP) is 7.31. The minimum atomic E-state index is -4.48. The maximum atomic E-state index is 12.7. The van der Waals surface area contributed by atoms with Gasteiger partial charge in [-0.25, -0.2) is 4.79 Å². The Hall–Kier alpha value is -2.83. The van der Waals surface area contributed by atoms with Crippen molar-refractivity contribution in [2.75, 3.05) is 0 Å². The number of halogens is 5. The van der Waals surface area contributed by atoms with E-state index in [-0.39, 0.29) is 5.56 Å². The van der Waals surface area contributed by atoms with Gasteiger partial charge in [0.25, 0.3) is 0 Å². The number of carbonyl (C=O) groups excluding carboxylic acids is 1. The van der Waals surface area contributed by atoms with E-state index in [1.807, 2.05) is 36.4 Å². The third-order valence-electron chi connectivity index (χ3n) is 5.60. The lowest BCUT2D eigenvalue weighted by atomic mass is 9.59. The molecule has 0 aliphatic heterocycles. The molecule has 0 spiro atoms. The molecule has 32 heavy (non-hydrogen) atoms. The minimum absolute atomic E-state index is 0.0264. The van der Waals surface area contributed by atoms with Crippen molar-refractivity contribution < 1.29 is 22.8 Å². The van der Waals surface area contributed by atoms with Gasteiger partial charge in [-0.2, -0.15) is 13.2 Å². The van der Waals surface area contributed by atoms with Crippen molar-refractivity contribution >= 4 is 34.9 Å². The van der Waals surface area contributed by atoms with Gasteiger partial charge in [0.2, 0.25) is 0 Å². The molecule has 4 rings (SSSR count). The summed E-state index contributed by atoms with van der Waals surface area (Å²) in [5.41, 5.74) is 0.907. The molecule has 0 saturated heterocycles. The maximum Gasteiger partial charge on any atom is 0.416 e. The third kappa shape index (κ3) is 4.12. The van der Waals surface area contributed by atoms with Crippen LogP contribution in [0.4, 0.5) is 13.2 Å². The molecule has 0 aromatic heterocycles. The van der Waals surface area contributed by atoms with E-state index in [0.29, 0.717) is 28.6 Å². The SMILES string of the molecule is O=C(ON=C1CCC1(c1ccccc1)c1ccc(Cl)c(Cl)c1)c1ccc(C(F)(F)F)cc1. The molecule has 0 heterocycles. The van der Waals surface area contributed by atoms with Gasteiger partial charge in [-0.1, -0.05) is 64.8 Å². The van der Waals surface area contributed by atoms with Gasteiger partial charge in [-0.15, -0.1) is 0 Å². The van der Waals surface area contributed by atoms with Crippen LogP contribution in [0.1, 0.15) is 39.9 Å². The van der Waals surface area contributed by atoms with Crippen LogP contribution in [0.3, 0.4) is 0 Å². The van der Waals surface area contributed by atoms with Crippen LogP contribution >= 0.6 is 23.2 Å². The summed E-state index contributed by atoms with van der Waals surface area (Å²) >= 11 is 12.3. The van der Waals surface area contributed by atoms with Crippen LogP contribution < -0.4 is 0 Å². The van der Waals surface area contributed by atoms with E-state index in [9.17, 15) is 18.0 Å². The Labute approximate surface area is 192 Å². The molecule has 1 aliphatic carbocycles.